The average molecular weight is 138 g/mol. The lowest BCUT2D eigenvalue weighted by Crippen LogP contribution is -2.07. The van der Waals surface area contributed by atoms with Gasteiger partial charge in [-0.2, -0.15) is 0 Å². The summed E-state index contributed by atoms with van der Waals surface area (Å²) in [5.41, 5.74) is 1.27. The van der Waals surface area contributed by atoms with Crippen molar-refractivity contribution in [2.24, 2.45) is 11.8 Å². The highest BCUT2D eigenvalue weighted by Gasteiger charge is 2.09. The Morgan fingerprint density at radius 2 is 2.00 bits per heavy atom. The molecule has 2 atom stereocenters. The molecule has 58 valence electrons. The molecule has 0 rings (SSSR count). The first-order chi connectivity index (χ1) is 4.59. The van der Waals surface area contributed by atoms with E-state index in [2.05, 4.69) is 33.9 Å². The quantitative estimate of drug-likeness (QED) is 0.522. The molecule has 0 aromatic carbocycles. The molecule has 0 saturated heterocycles. The lowest BCUT2D eigenvalue weighted by molar-refractivity contribution is 0.446. The van der Waals surface area contributed by atoms with Crippen LogP contribution in [0.5, 0.6) is 0 Å². The maximum atomic E-state index is 3.92. The molecule has 0 aromatic rings. The van der Waals surface area contributed by atoms with Crippen molar-refractivity contribution in [1.82, 2.24) is 0 Å². The van der Waals surface area contributed by atoms with Gasteiger partial charge in [-0.3, -0.25) is 0 Å². The Kier molecular flexibility index (Phi) is 4.10. The molecule has 0 aliphatic heterocycles. The zero-order valence-corrected chi connectivity index (χ0v) is 7.35. The molecule has 0 unspecified atom stereocenters. The summed E-state index contributed by atoms with van der Waals surface area (Å²) in [7, 11) is 0. The van der Waals surface area contributed by atoms with Crippen LogP contribution in [0.15, 0.2) is 24.8 Å². The molecular weight excluding hydrogens is 120 g/mol. The van der Waals surface area contributed by atoms with Gasteiger partial charge in [-0.1, -0.05) is 32.1 Å². The van der Waals surface area contributed by atoms with Crippen molar-refractivity contribution in [2.75, 3.05) is 0 Å². The van der Waals surface area contributed by atoms with Crippen molar-refractivity contribution < 1.29 is 0 Å². The van der Waals surface area contributed by atoms with Crippen molar-refractivity contribution in [1.29, 1.82) is 0 Å². The largest absolute Gasteiger partial charge is 0.103 e. The van der Waals surface area contributed by atoms with E-state index in [4.69, 9.17) is 0 Å². The van der Waals surface area contributed by atoms with Crippen LogP contribution < -0.4 is 0 Å². The lowest BCUT2D eigenvalue weighted by Gasteiger charge is -2.17. The highest BCUT2D eigenvalue weighted by atomic mass is 14.1. The molecule has 0 aliphatic rings. The summed E-state index contributed by atoms with van der Waals surface area (Å²) in [5.74, 6) is 1.31. The third-order valence-electron chi connectivity index (χ3n) is 2.17. The fraction of sp³-hybridized carbons (Fsp3) is 0.600. The maximum absolute atomic E-state index is 3.92. The second kappa shape index (κ2) is 4.32. The first-order valence-electron chi connectivity index (χ1n) is 3.86. The molecule has 10 heavy (non-hydrogen) atoms. The van der Waals surface area contributed by atoms with Crippen LogP contribution in [0.4, 0.5) is 0 Å². The second-order valence-electron chi connectivity index (χ2n) is 3.14. The molecule has 0 amide bonds. The van der Waals surface area contributed by atoms with Gasteiger partial charge in [-0.15, -0.1) is 6.58 Å². The number of hydrogen-bond donors (Lipinski definition) is 0. The number of rotatable bonds is 4. The molecule has 0 radical (unpaired) electrons. The molecule has 0 aromatic heterocycles. The van der Waals surface area contributed by atoms with E-state index in [-0.39, 0.29) is 0 Å². The average Bonchev–Trinajstić information content (AvgIpc) is 1.87. The summed E-state index contributed by atoms with van der Waals surface area (Å²) in [6.07, 6.45) is 3.07. The van der Waals surface area contributed by atoms with Gasteiger partial charge in [0.2, 0.25) is 0 Å². The van der Waals surface area contributed by atoms with Crippen LogP contribution in [0.2, 0.25) is 0 Å². The third kappa shape index (κ3) is 2.86. The predicted molar refractivity (Wildman–Crippen MR) is 48.0 cm³/mol. The molecule has 0 nitrogen and oxygen atoms in total. The van der Waals surface area contributed by atoms with E-state index in [0.717, 1.165) is 6.42 Å². The molecule has 0 heteroatoms. The molecule has 0 aliphatic carbocycles. The highest BCUT2D eigenvalue weighted by molar-refractivity contribution is 4.96. The van der Waals surface area contributed by atoms with Crippen LogP contribution in [0.1, 0.15) is 27.2 Å². The minimum atomic E-state index is 0.623. The molecular formula is C10H18. The highest BCUT2D eigenvalue weighted by Crippen LogP contribution is 2.21. The van der Waals surface area contributed by atoms with Crippen LogP contribution in [-0.2, 0) is 0 Å². The minimum Gasteiger partial charge on any atom is -0.103 e. The van der Waals surface area contributed by atoms with Crippen molar-refractivity contribution in [3.05, 3.63) is 24.8 Å². The van der Waals surface area contributed by atoms with Crippen LogP contribution >= 0.6 is 0 Å². The van der Waals surface area contributed by atoms with E-state index >= 15 is 0 Å². The van der Waals surface area contributed by atoms with Gasteiger partial charge in [-0.05, 0) is 25.2 Å². The van der Waals surface area contributed by atoms with Crippen molar-refractivity contribution in [2.45, 2.75) is 27.2 Å². The van der Waals surface area contributed by atoms with E-state index in [0.29, 0.717) is 11.8 Å². The Morgan fingerprint density at radius 3 is 2.30 bits per heavy atom. The van der Waals surface area contributed by atoms with E-state index < -0.39 is 0 Å². The zero-order valence-electron chi connectivity index (χ0n) is 7.35. The Labute approximate surface area is 64.6 Å². The monoisotopic (exact) mass is 138 g/mol. The normalized spacial score (nSPS) is 15.9. The second-order valence-corrected chi connectivity index (χ2v) is 3.14. The van der Waals surface area contributed by atoms with E-state index in [1.165, 1.54) is 5.57 Å². The molecule has 0 N–H and O–H groups in total. The summed E-state index contributed by atoms with van der Waals surface area (Å²) < 4.78 is 0. The summed E-state index contributed by atoms with van der Waals surface area (Å²) in [4.78, 5) is 0. The SMILES string of the molecule is C=CC[C@H](C)[C@@H](C)C(=C)C. The van der Waals surface area contributed by atoms with E-state index in [9.17, 15) is 0 Å². The van der Waals surface area contributed by atoms with Gasteiger partial charge >= 0.3 is 0 Å². The van der Waals surface area contributed by atoms with Gasteiger partial charge in [0, 0.05) is 0 Å². The molecule has 0 saturated carbocycles. The zero-order chi connectivity index (χ0) is 8.15. The molecule has 0 spiro atoms. The fourth-order valence-electron chi connectivity index (χ4n) is 0.953. The Bertz CT molecular complexity index is 122. The first kappa shape index (κ1) is 9.48. The van der Waals surface area contributed by atoms with Gasteiger partial charge in [0.1, 0.15) is 0 Å². The molecule has 0 fully saturated rings. The van der Waals surface area contributed by atoms with Gasteiger partial charge in [0.15, 0.2) is 0 Å². The third-order valence-corrected chi connectivity index (χ3v) is 2.17. The fourth-order valence-corrected chi connectivity index (χ4v) is 0.953. The van der Waals surface area contributed by atoms with Crippen LogP contribution in [0.25, 0.3) is 0 Å². The molecule has 0 heterocycles. The topological polar surface area (TPSA) is 0 Å². The van der Waals surface area contributed by atoms with Crippen LogP contribution in [-0.4, -0.2) is 0 Å². The van der Waals surface area contributed by atoms with Crippen LogP contribution in [0, 0.1) is 11.8 Å². The lowest BCUT2D eigenvalue weighted by atomic mass is 9.88. The summed E-state index contributed by atoms with van der Waals surface area (Å²) in [6, 6.07) is 0. The standard InChI is InChI=1S/C10H18/c1-6-7-9(4)10(5)8(2)3/h6,9-10H,1-2,7H2,3-5H3/t9-,10-/m0/s1. The van der Waals surface area contributed by atoms with Gasteiger partial charge in [0.05, 0.1) is 0 Å². The van der Waals surface area contributed by atoms with Crippen molar-refractivity contribution in [3.8, 4) is 0 Å². The van der Waals surface area contributed by atoms with Gasteiger partial charge in [0.25, 0.3) is 0 Å². The maximum Gasteiger partial charge on any atom is -0.0208 e. The van der Waals surface area contributed by atoms with Crippen molar-refractivity contribution >= 4 is 0 Å². The Balaban J connectivity index is 3.80. The van der Waals surface area contributed by atoms with Gasteiger partial charge in [-0.25, -0.2) is 0 Å². The van der Waals surface area contributed by atoms with Crippen LogP contribution in [0.3, 0.4) is 0 Å². The summed E-state index contributed by atoms with van der Waals surface area (Å²) in [6.45, 7) is 14.2. The Hall–Kier alpha value is -0.520. The smallest absolute Gasteiger partial charge is 0.0208 e. The summed E-state index contributed by atoms with van der Waals surface area (Å²) >= 11 is 0. The minimum absolute atomic E-state index is 0.623. The van der Waals surface area contributed by atoms with Crippen molar-refractivity contribution in [3.63, 3.8) is 0 Å². The number of hydrogen-bond acceptors (Lipinski definition) is 0. The van der Waals surface area contributed by atoms with E-state index in [1.807, 2.05) is 6.08 Å². The molecule has 0 bridgehead atoms. The number of allylic oxidation sites excluding steroid dienone is 2. The van der Waals surface area contributed by atoms with E-state index in [1.54, 1.807) is 0 Å². The summed E-state index contributed by atoms with van der Waals surface area (Å²) in [5, 5.41) is 0. The first-order valence-corrected chi connectivity index (χ1v) is 3.86. The predicted octanol–water partition coefficient (Wildman–Crippen LogP) is 3.41. The Morgan fingerprint density at radius 1 is 1.50 bits per heavy atom. The van der Waals surface area contributed by atoms with Gasteiger partial charge < -0.3 is 0 Å².